The lowest BCUT2D eigenvalue weighted by molar-refractivity contribution is 0.0915. The van der Waals surface area contributed by atoms with Gasteiger partial charge in [0.05, 0.1) is 33.9 Å². The second kappa shape index (κ2) is 10.1. The van der Waals surface area contributed by atoms with Crippen molar-refractivity contribution < 1.29 is 31.1 Å². The van der Waals surface area contributed by atoms with Crippen molar-refractivity contribution in [1.82, 2.24) is 5.32 Å². The first-order valence-corrected chi connectivity index (χ1v) is 14.4. The molecule has 0 radical (unpaired) electrons. The first-order chi connectivity index (χ1) is 17.5. The zero-order valence-corrected chi connectivity index (χ0v) is 21.7. The first kappa shape index (κ1) is 26.5. The Hall–Kier alpha value is -3.54. The molecule has 3 aromatic carbocycles. The van der Waals surface area contributed by atoms with Crippen molar-refractivity contribution in [3.8, 4) is 0 Å². The summed E-state index contributed by atoms with van der Waals surface area (Å²) in [6.45, 7) is 2.88. The molecule has 0 saturated heterocycles. The molecule has 0 spiro atoms. The van der Waals surface area contributed by atoms with Gasteiger partial charge in [-0.05, 0) is 60.5 Å². The predicted octanol–water partition coefficient (Wildman–Crippen LogP) is 3.57. The lowest BCUT2D eigenvalue weighted by Gasteiger charge is -2.26. The highest BCUT2D eigenvalue weighted by Gasteiger charge is 2.30. The fraction of sp³-hybridized carbons (Fsp3) is 0.192. The number of carbonyl (C=O) groups is 1. The summed E-state index contributed by atoms with van der Waals surface area (Å²) in [5, 5.41) is 12.4. The molecule has 8 nitrogen and oxygen atoms in total. The van der Waals surface area contributed by atoms with Gasteiger partial charge >= 0.3 is 0 Å². The highest BCUT2D eigenvalue weighted by Crippen LogP contribution is 2.33. The molecule has 0 unspecified atom stereocenters. The molecule has 194 valence electrons. The van der Waals surface area contributed by atoms with Gasteiger partial charge in [-0.2, -0.15) is 0 Å². The maximum absolute atomic E-state index is 15.1. The molecule has 0 saturated carbocycles. The van der Waals surface area contributed by atoms with Crippen LogP contribution >= 0.6 is 0 Å². The largest absolute Gasteiger partial charge is 0.394 e. The molecule has 0 bridgehead atoms. The maximum atomic E-state index is 15.1. The number of aliphatic hydroxyl groups excluding tert-OH is 1. The number of anilines is 1. The minimum atomic E-state index is -4.05. The number of hydrogen-bond acceptors (Lipinski definition) is 6. The molecule has 0 aliphatic carbocycles. The molecule has 1 atom stereocenters. The van der Waals surface area contributed by atoms with E-state index in [4.69, 9.17) is 0 Å². The van der Waals surface area contributed by atoms with E-state index in [0.29, 0.717) is 11.1 Å². The Kier molecular flexibility index (Phi) is 7.22. The third kappa shape index (κ3) is 5.15. The van der Waals surface area contributed by atoms with Gasteiger partial charge in [0.1, 0.15) is 5.82 Å². The van der Waals surface area contributed by atoms with Crippen LogP contribution in [0.5, 0.6) is 0 Å². The number of rotatable bonds is 7. The summed E-state index contributed by atoms with van der Waals surface area (Å²) in [5.41, 5.74) is 1.52. The molecule has 1 aliphatic rings. The SMILES string of the molecule is CCS(=O)(=O)c1ccc([C@H](CO)NC(=O)c2ccc(N3C=Cc4cc(C)ccc4S3(=O)=O)c(F)c2)cc1. The van der Waals surface area contributed by atoms with E-state index in [1.807, 2.05) is 6.92 Å². The van der Waals surface area contributed by atoms with Gasteiger partial charge in [0.25, 0.3) is 15.9 Å². The van der Waals surface area contributed by atoms with Crippen LogP contribution in [0.3, 0.4) is 0 Å². The van der Waals surface area contributed by atoms with Crippen molar-refractivity contribution in [2.24, 2.45) is 0 Å². The Morgan fingerprint density at radius 1 is 1.08 bits per heavy atom. The number of nitrogens with zero attached hydrogens (tertiary/aromatic N) is 1. The Labute approximate surface area is 215 Å². The Bertz CT molecular complexity index is 1600. The third-order valence-electron chi connectivity index (χ3n) is 6.05. The topological polar surface area (TPSA) is 121 Å². The number of sulfone groups is 1. The van der Waals surface area contributed by atoms with E-state index in [0.717, 1.165) is 15.9 Å². The van der Waals surface area contributed by atoms with Crippen LogP contribution in [-0.4, -0.2) is 40.2 Å². The molecule has 0 aromatic heterocycles. The lowest BCUT2D eigenvalue weighted by Crippen LogP contribution is -2.31. The number of halogens is 1. The number of aryl methyl sites for hydroxylation is 1. The summed E-state index contributed by atoms with van der Waals surface area (Å²) < 4.78 is 66.1. The van der Waals surface area contributed by atoms with Gasteiger partial charge < -0.3 is 10.4 Å². The van der Waals surface area contributed by atoms with Crippen LogP contribution in [0.2, 0.25) is 0 Å². The van der Waals surface area contributed by atoms with E-state index in [1.54, 1.807) is 18.2 Å². The van der Waals surface area contributed by atoms with Gasteiger partial charge in [0.15, 0.2) is 9.84 Å². The molecule has 1 amide bonds. The van der Waals surface area contributed by atoms with Gasteiger partial charge in [0, 0.05) is 11.8 Å². The number of amides is 1. The van der Waals surface area contributed by atoms with Crippen molar-refractivity contribution in [2.45, 2.75) is 29.7 Å². The summed E-state index contributed by atoms with van der Waals surface area (Å²) >= 11 is 0. The zero-order valence-electron chi connectivity index (χ0n) is 20.0. The lowest BCUT2D eigenvalue weighted by atomic mass is 10.1. The van der Waals surface area contributed by atoms with Gasteiger partial charge in [-0.3, -0.25) is 4.79 Å². The number of sulfonamides is 1. The van der Waals surface area contributed by atoms with Crippen molar-refractivity contribution in [2.75, 3.05) is 16.7 Å². The Morgan fingerprint density at radius 2 is 1.78 bits per heavy atom. The van der Waals surface area contributed by atoms with Crippen molar-refractivity contribution in [3.05, 3.63) is 94.9 Å². The van der Waals surface area contributed by atoms with Gasteiger partial charge in [0.2, 0.25) is 0 Å². The van der Waals surface area contributed by atoms with E-state index in [1.165, 1.54) is 55.6 Å². The van der Waals surface area contributed by atoms with Crippen molar-refractivity contribution >= 4 is 37.5 Å². The van der Waals surface area contributed by atoms with E-state index < -0.39 is 44.2 Å². The average molecular weight is 545 g/mol. The quantitative estimate of drug-likeness (QED) is 0.469. The molecule has 37 heavy (non-hydrogen) atoms. The standard InChI is InChI=1S/C26H25FN2O6S2/c1-3-36(32,33)21-8-5-18(6-9-21)23(16-30)28-26(31)20-7-10-24(22(27)15-20)29-13-12-19-14-17(2)4-11-25(19)37(29,34)35/h4-15,23,30H,3,16H2,1-2H3,(H,28,31)/t23-/m0/s1. The summed E-state index contributed by atoms with van der Waals surface area (Å²) in [5.74, 6) is -1.69. The summed E-state index contributed by atoms with van der Waals surface area (Å²) in [4.78, 5) is 13.0. The van der Waals surface area contributed by atoms with Gasteiger partial charge in [-0.15, -0.1) is 0 Å². The minimum Gasteiger partial charge on any atom is -0.394 e. The minimum absolute atomic E-state index is 0.0466. The molecule has 3 aromatic rings. The average Bonchev–Trinajstić information content (AvgIpc) is 2.87. The maximum Gasteiger partial charge on any atom is 0.268 e. The first-order valence-electron chi connectivity index (χ1n) is 11.3. The van der Waals surface area contributed by atoms with E-state index in [9.17, 15) is 26.7 Å². The summed E-state index contributed by atoms with van der Waals surface area (Å²) in [7, 11) is -7.45. The summed E-state index contributed by atoms with van der Waals surface area (Å²) in [6.07, 6.45) is 2.84. The Morgan fingerprint density at radius 3 is 2.41 bits per heavy atom. The van der Waals surface area contributed by atoms with Crippen molar-refractivity contribution in [3.63, 3.8) is 0 Å². The molecule has 4 rings (SSSR count). The Balaban J connectivity index is 1.55. The molecule has 0 fully saturated rings. The normalized spacial score (nSPS) is 15.2. The number of carbonyl (C=O) groups excluding carboxylic acids is 1. The predicted molar refractivity (Wildman–Crippen MR) is 138 cm³/mol. The molecular formula is C26H25FN2O6S2. The number of nitrogens with one attached hydrogen (secondary N) is 1. The second-order valence-corrected chi connectivity index (χ2v) is 12.6. The molecule has 1 aliphatic heterocycles. The number of benzene rings is 3. The third-order valence-corrected chi connectivity index (χ3v) is 9.56. The highest BCUT2D eigenvalue weighted by molar-refractivity contribution is 7.93. The molecule has 11 heteroatoms. The van der Waals surface area contributed by atoms with E-state index in [2.05, 4.69) is 5.32 Å². The molecule has 2 N–H and O–H groups in total. The number of hydrogen-bond donors (Lipinski definition) is 2. The highest BCUT2D eigenvalue weighted by atomic mass is 32.2. The van der Waals surface area contributed by atoms with Crippen LogP contribution in [0.15, 0.2) is 76.7 Å². The fourth-order valence-electron chi connectivity index (χ4n) is 3.95. The van der Waals surface area contributed by atoms with E-state index >= 15 is 4.39 Å². The summed E-state index contributed by atoms with van der Waals surface area (Å²) in [6, 6.07) is 13.1. The van der Waals surface area contributed by atoms with Crippen LogP contribution in [-0.2, 0) is 19.9 Å². The number of aliphatic hydroxyl groups is 1. The monoisotopic (exact) mass is 544 g/mol. The van der Waals surface area contributed by atoms with Gasteiger partial charge in [-0.25, -0.2) is 25.5 Å². The van der Waals surface area contributed by atoms with Crippen molar-refractivity contribution in [1.29, 1.82) is 0 Å². The molecule has 1 heterocycles. The fourth-order valence-corrected chi connectivity index (χ4v) is 6.34. The van der Waals surface area contributed by atoms with E-state index in [-0.39, 0.29) is 26.8 Å². The second-order valence-electron chi connectivity index (χ2n) is 8.51. The van der Waals surface area contributed by atoms with Gasteiger partial charge in [-0.1, -0.05) is 36.8 Å². The molecular weight excluding hydrogens is 519 g/mol. The zero-order chi connectivity index (χ0) is 27.0. The van der Waals surface area contributed by atoms with Crippen LogP contribution in [0.1, 0.15) is 40.0 Å². The van der Waals surface area contributed by atoms with Crippen LogP contribution in [0, 0.1) is 12.7 Å². The smallest absolute Gasteiger partial charge is 0.268 e. The van der Waals surface area contributed by atoms with Crippen LogP contribution < -0.4 is 9.62 Å². The number of fused-ring (bicyclic) bond motifs is 1. The van der Waals surface area contributed by atoms with Crippen LogP contribution in [0.4, 0.5) is 10.1 Å². The van der Waals surface area contributed by atoms with Crippen LogP contribution in [0.25, 0.3) is 6.08 Å².